The molecule has 218 valence electrons. The van der Waals surface area contributed by atoms with Gasteiger partial charge in [-0.05, 0) is 92.7 Å². The molecule has 0 bridgehead atoms. The predicted octanol–water partition coefficient (Wildman–Crippen LogP) is 6.41. The van der Waals surface area contributed by atoms with Crippen LogP contribution in [0.25, 0.3) is 0 Å². The first-order valence-corrected chi connectivity index (χ1v) is 15.6. The summed E-state index contributed by atoms with van der Waals surface area (Å²) in [6, 6.07) is 11.4. The van der Waals surface area contributed by atoms with Crippen LogP contribution in [0.4, 0.5) is 0 Å². The van der Waals surface area contributed by atoms with Gasteiger partial charge < -0.3 is 4.74 Å². The Bertz CT molecular complexity index is 1550. The molecule has 2 aromatic rings. The van der Waals surface area contributed by atoms with Crippen molar-refractivity contribution >= 4 is 29.1 Å². The normalized spacial score (nSPS) is 36.7. The van der Waals surface area contributed by atoms with Gasteiger partial charge in [-0.25, -0.2) is 4.79 Å². The van der Waals surface area contributed by atoms with Crippen LogP contribution in [0.3, 0.4) is 0 Å². The van der Waals surface area contributed by atoms with Crippen LogP contribution in [0, 0.1) is 40.4 Å². The van der Waals surface area contributed by atoms with E-state index in [-0.39, 0.29) is 45.7 Å². The monoisotopic (exact) mass is 566 g/mol. The second-order valence-electron chi connectivity index (χ2n) is 14.1. The molecule has 6 heteroatoms. The molecule has 0 radical (unpaired) electrons. The number of Topliss-reactive ketones (excluding diaryl/α,β-unsaturated/α-hetero) is 2. The smallest absolute Gasteiger partial charge is 0.338 e. The predicted molar refractivity (Wildman–Crippen MR) is 155 cm³/mol. The lowest BCUT2D eigenvalue weighted by Crippen LogP contribution is -2.59. The Morgan fingerprint density at radius 1 is 0.833 bits per heavy atom. The standard InChI is InChI=1S/C36H38O6/c1-19(37)28-12-13-29-26-11-9-21-17-22(38)14-15-35(21,2)30(26)18-31(36(28,29)3)42-34(41)20-8-10-25-27(16-20)33(40)24-7-5-4-6-23(24)32(25)39/h4-8,10,16,21,26,28-31H,9,11-15,17-18H2,1-3H3/t21-,26+,28-,29+,30+,31-,35-,36+/m0/s1. The molecule has 0 heterocycles. The van der Waals surface area contributed by atoms with Crippen molar-refractivity contribution in [2.75, 3.05) is 0 Å². The van der Waals surface area contributed by atoms with E-state index >= 15 is 0 Å². The van der Waals surface area contributed by atoms with Crippen molar-refractivity contribution in [2.45, 2.75) is 78.2 Å². The highest BCUT2D eigenvalue weighted by atomic mass is 16.5. The summed E-state index contributed by atoms with van der Waals surface area (Å²) in [6.45, 7) is 6.18. The maximum atomic E-state index is 13.9. The molecular formula is C36H38O6. The molecule has 4 saturated carbocycles. The summed E-state index contributed by atoms with van der Waals surface area (Å²) in [7, 11) is 0. The highest BCUT2D eigenvalue weighted by molar-refractivity contribution is 6.28. The van der Waals surface area contributed by atoms with Crippen molar-refractivity contribution in [1.29, 1.82) is 0 Å². The Kier molecular flexibility index (Phi) is 6.24. The van der Waals surface area contributed by atoms with Crippen molar-refractivity contribution in [3.05, 3.63) is 70.3 Å². The van der Waals surface area contributed by atoms with Crippen molar-refractivity contribution in [1.82, 2.24) is 0 Å². The molecule has 6 nitrogen and oxygen atoms in total. The summed E-state index contributed by atoms with van der Waals surface area (Å²) in [5.74, 6) is 0.735. The average molecular weight is 567 g/mol. The van der Waals surface area contributed by atoms with Crippen molar-refractivity contribution in [3.63, 3.8) is 0 Å². The number of rotatable bonds is 3. The number of benzene rings is 2. The fraction of sp³-hybridized carbons (Fsp3) is 0.528. The molecule has 2 aromatic carbocycles. The Balaban J connectivity index is 1.23. The number of ketones is 4. The molecule has 0 N–H and O–H groups in total. The summed E-state index contributed by atoms with van der Waals surface area (Å²) >= 11 is 0. The second kappa shape index (κ2) is 9.55. The highest BCUT2D eigenvalue weighted by Gasteiger charge is 2.65. The van der Waals surface area contributed by atoms with E-state index < -0.39 is 17.5 Å². The third-order valence-electron chi connectivity index (χ3n) is 12.5. The third-order valence-corrected chi connectivity index (χ3v) is 12.5. The highest BCUT2D eigenvalue weighted by Crippen LogP contribution is 2.67. The number of carbonyl (C=O) groups is 5. The number of carbonyl (C=O) groups excluding carboxylic acids is 5. The Morgan fingerprint density at radius 2 is 1.52 bits per heavy atom. The quantitative estimate of drug-likeness (QED) is 0.340. The van der Waals surface area contributed by atoms with Gasteiger partial charge in [0.05, 0.1) is 5.56 Å². The molecule has 7 rings (SSSR count). The zero-order chi connectivity index (χ0) is 29.6. The Morgan fingerprint density at radius 3 is 2.24 bits per heavy atom. The van der Waals surface area contributed by atoms with Crippen LogP contribution in [0.5, 0.6) is 0 Å². The van der Waals surface area contributed by atoms with Crippen LogP contribution < -0.4 is 0 Å². The van der Waals surface area contributed by atoms with Gasteiger partial charge in [-0.1, -0.05) is 38.1 Å². The minimum atomic E-state index is -0.522. The molecule has 0 spiro atoms. The lowest BCUT2D eigenvalue weighted by molar-refractivity contribution is -0.171. The summed E-state index contributed by atoms with van der Waals surface area (Å²) < 4.78 is 6.44. The lowest BCUT2D eigenvalue weighted by atomic mass is 9.44. The minimum Gasteiger partial charge on any atom is -0.458 e. The minimum absolute atomic E-state index is 0.0170. The van der Waals surface area contributed by atoms with E-state index in [1.807, 2.05) is 0 Å². The van der Waals surface area contributed by atoms with Crippen LogP contribution in [-0.2, 0) is 14.3 Å². The molecule has 0 aromatic heterocycles. The largest absolute Gasteiger partial charge is 0.458 e. The van der Waals surface area contributed by atoms with E-state index in [1.54, 1.807) is 43.3 Å². The molecule has 5 aliphatic rings. The van der Waals surface area contributed by atoms with Gasteiger partial charge in [0.1, 0.15) is 17.7 Å². The van der Waals surface area contributed by atoms with Gasteiger partial charge in [-0.15, -0.1) is 0 Å². The molecular weight excluding hydrogens is 528 g/mol. The summed E-state index contributed by atoms with van der Waals surface area (Å²) in [5, 5.41) is 0. The third kappa shape index (κ3) is 3.79. The second-order valence-corrected chi connectivity index (χ2v) is 14.1. The number of hydrogen-bond donors (Lipinski definition) is 0. The average Bonchev–Trinajstić information content (AvgIpc) is 3.35. The fourth-order valence-corrected chi connectivity index (χ4v) is 10.2. The maximum Gasteiger partial charge on any atom is 0.338 e. The van der Waals surface area contributed by atoms with Crippen molar-refractivity contribution < 1.29 is 28.7 Å². The van der Waals surface area contributed by atoms with Crippen molar-refractivity contribution in [2.24, 2.45) is 40.4 Å². The van der Waals surface area contributed by atoms with Crippen LogP contribution in [0.15, 0.2) is 42.5 Å². The molecule has 0 aliphatic heterocycles. The number of esters is 1. The van der Waals surface area contributed by atoms with E-state index in [0.29, 0.717) is 59.5 Å². The molecule has 4 fully saturated rings. The first-order valence-electron chi connectivity index (χ1n) is 15.6. The molecule has 0 amide bonds. The van der Waals surface area contributed by atoms with Gasteiger partial charge >= 0.3 is 5.97 Å². The van der Waals surface area contributed by atoms with Crippen LogP contribution in [0.2, 0.25) is 0 Å². The molecule has 8 atom stereocenters. The van der Waals surface area contributed by atoms with E-state index in [1.165, 1.54) is 6.07 Å². The van der Waals surface area contributed by atoms with Crippen molar-refractivity contribution in [3.8, 4) is 0 Å². The van der Waals surface area contributed by atoms with Gasteiger partial charge in [0.2, 0.25) is 0 Å². The van der Waals surface area contributed by atoms with Gasteiger partial charge in [-0.3, -0.25) is 19.2 Å². The van der Waals surface area contributed by atoms with Gasteiger partial charge in [0.25, 0.3) is 0 Å². The Hall–Kier alpha value is -3.41. The Labute approximate surface area is 246 Å². The van der Waals surface area contributed by atoms with E-state index in [4.69, 9.17) is 4.74 Å². The summed E-state index contributed by atoms with van der Waals surface area (Å²) in [5.41, 5.74) is 1.03. The van der Waals surface area contributed by atoms with Crippen LogP contribution in [-0.4, -0.2) is 35.2 Å². The fourth-order valence-electron chi connectivity index (χ4n) is 10.2. The SMILES string of the molecule is CC(=O)[C@@H]1CC[C@@H]2[C@H]3CC[C@H]4CC(=O)CC[C@]4(C)[C@@H]3C[C@H](OC(=O)c3ccc4c(c3)C(=O)c3ccccc3C4=O)[C@@]21C. The topological polar surface area (TPSA) is 94.6 Å². The zero-order valence-corrected chi connectivity index (χ0v) is 24.6. The molecule has 42 heavy (non-hydrogen) atoms. The summed E-state index contributed by atoms with van der Waals surface area (Å²) in [6.07, 6.45) is 6.24. The number of ether oxygens (including phenoxy) is 1. The van der Waals surface area contributed by atoms with E-state index in [9.17, 15) is 24.0 Å². The van der Waals surface area contributed by atoms with Crippen LogP contribution >= 0.6 is 0 Å². The maximum absolute atomic E-state index is 13.9. The number of hydrogen-bond acceptors (Lipinski definition) is 6. The van der Waals surface area contributed by atoms with Gasteiger partial charge in [0.15, 0.2) is 11.6 Å². The first-order chi connectivity index (χ1) is 20.0. The lowest BCUT2D eigenvalue weighted by Gasteiger charge is -2.61. The zero-order valence-electron chi connectivity index (χ0n) is 24.6. The molecule has 0 unspecified atom stereocenters. The van der Waals surface area contributed by atoms with E-state index in [2.05, 4.69) is 13.8 Å². The number of fused-ring (bicyclic) bond motifs is 7. The van der Waals surface area contributed by atoms with Gasteiger partial charge in [-0.2, -0.15) is 0 Å². The summed E-state index contributed by atoms with van der Waals surface area (Å²) in [4.78, 5) is 65.7. The van der Waals surface area contributed by atoms with Crippen LogP contribution in [0.1, 0.15) is 114 Å². The molecule has 5 aliphatic carbocycles. The molecule has 0 saturated heterocycles. The van der Waals surface area contributed by atoms with Gasteiger partial charge in [0, 0.05) is 46.4 Å². The first kappa shape index (κ1) is 27.4. The van der Waals surface area contributed by atoms with E-state index in [0.717, 1.165) is 32.1 Å².